The molecule has 6 heteroatoms. The van der Waals surface area contributed by atoms with Crippen molar-refractivity contribution in [3.8, 4) is 6.07 Å². The fraction of sp³-hybridized carbons (Fsp3) is 0.375. The lowest BCUT2D eigenvalue weighted by atomic mass is 9.91. The largest absolute Gasteiger partial charge is 0.366 e. The lowest BCUT2D eigenvalue weighted by molar-refractivity contribution is 0.303. The van der Waals surface area contributed by atoms with Gasteiger partial charge in [-0.3, -0.25) is 4.79 Å². The molecule has 1 N–H and O–H groups in total. The van der Waals surface area contributed by atoms with Crippen LogP contribution in [0.4, 0.5) is 5.82 Å². The van der Waals surface area contributed by atoms with E-state index in [1.54, 1.807) is 41.3 Å². The fourth-order valence-corrected chi connectivity index (χ4v) is 2.91. The smallest absolute Gasteiger partial charge is 0.266 e. The minimum absolute atomic E-state index is 0.0459. The monoisotopic (exact) mass is 295 g/mol. The number of nitrogens with zero attached hydrogens (tertiary/aromatic N) is 4. The van der Waals surface area contributed by atoms with Crippen LogP contribution in [0.25, 0.3) is 0 Å². The van der Waals surface area contributed by atoms with Crippen molar-refractivity contribution in [3.63, 3.8) is 0 Å². The van der Waals surface area contributed by atoms with Gasteiger partial charge in [-0.2, -0.15) is 10.4 Å². The SMILES string of the molecule is N#Cc1cccnc1NC1CCC(n2ncccc2=O)CC1. The zero-order valence-electron chi connectivity index (χ0n) is 12.1. The molecule has 1 aliphatic rings. The molecule has 2 aromatic heterocycles. The summed E-state index contributed by atoms with van der Waals surface area (Å²) < 4.78 is 1.58. The van der Waals surface area contributed by atoms with Gasteiger partial charge < -0.3 is 5.32 Å². The van der Waals surface area contributed by atoms with E-state index in [1.807, 2.05) is 0 Å². The number of nitriles is 1. The van der Waals surface area contributed by atoms with Gasteiger partial charge in [0.25, 0.3) is 5.56 Å². The van der Waals surface area contributed by atoms with Gasteiger partial charge in [-0.15, -0.1) is 0 Å². The first kappa shape index (κ1) is 14.3. The molecule has 1 fully saturated rings. The molecule has 0 spiro atoms. The van der Waals surface area contributed by atoms with E-state index in [2.05, 4.69) is 21.5 Å². The number of rotatable bonds is 3. The summed E-state index contributed by atoms with van der Waals surface area (Å²) in [5, 5.41) is 16.6. The summed E-state index contributed by atoms with van der Waals surface area (Å²) in [6.45, 7) is 0. The molecule has 6 nitrogen and oxygen atoms in total. The number of aromatic nitrogens is 3. The maximum absolute atomic E-state index is 11.8. The molecule has 0 atom stereocenters. The third kappa shape index (κ3) is 2.98. The van der Waals surface area contributed by atoms with Crippen LogP contribution in [0.15, 0.2) is 41.5 Å². The molecule has 0 aromatic carbocycles. The molecule has 22 heavy (non-hydrogen) atoms. The third-order valence-electron chi connectivity index (χ3n) is 4.05. The highest BCUT2D eigenvalue weighted by Crippen LogP contribution is 2.28. The Balaban J connectivity index is 1.64. The molecule has 0 bridgehead atoms. The predicted molar refractivity (Wildman–Crippen MR) is 82.4 cm³/mol. The standard InChI is InChI=1S/C16H17N5O/c17-11-12-3-1-9-18-16(12)20-13-5-7-14(8-6-13)21-15(22)4-2-10-19-21/h1-4,9-10,13-14H,5-8H2,(H,18,20). The maximum atomic E-state index is 11.8. The highest BCUT2D eigenvalue weighted by Gasteiger charge is 2.24. The minimum Gasteiger partial charge on any atom is -0.366 e. The quantitative estimate of drug-likeness (QED) is 0.937. The number of nitrogens with one attached hydrogen (secondary N) is 1. The van der Waals surface area contributed by atoms with Gasteiger partial charge in [0, 0.05) is 24.5 Å². The maximum Gasteiger partial charge on any atom is 0.266 e. The van der Waals surface area contributed by atoms with Crippen molar-refractivity contribution in [2.45, 2.75) is 37.8 Å². The topological polar surface area (TPSA) is 83.6 Å². The molecule has 1 saturated carbocycles. The van der Waals surface area contributed by atoms with Crippen LogP contribution in [-0.2, 0) is 0 Å². The van der Waals surface area contributed by atoms with Crippen LogP contribution in [0.5, 0.6) is 0 Å². The Morgan fingerprint density at radius 2 is 1.95 bits per heavy atom. The van der Waals surface area contributed by atoms with Crippen LogP contribution in [0.2, 0.25) is 0 Å². The van der Waals surface area contributed by atoms with Gasteiger partial charge in [0.1, 0.15) is 11.9 Å². The van der Waals surface area contributed by atoms with Crippen molar-refractivity contribution in [3.05, 3.63) is 52.6 Å². The minimum atomic E-state index is -0.0459. The summed E-state index contributed by atoms with van der Waals surface area (Å²) >= 11 is 0. The Bertz CT molecular complexity index is 740. The van der Waals surface area contributed by atoms with Crippen molar-refractivity contribution < 1.29 is 0 Å². The molecule has 2 heterocycles. The number of hydrogen-bond acceptors (Lipinski definition) is 5. The summed E-state index contributed by atoms with van der Waals surface area (Å²) in [6, 6.07) is 9.31. The highest BCUT2D eigenvalue weighted by molar-refractivity contribution is 5.51. The van der Waals surface area contributed by atoms with Gasteiger partial charge >= 0.3 is 0 Å². The average Bonchev–Trinajstić information content (AvgIpc) is 2.57. The van der Waals surface area contributed by atoms with Gasteiger partial charge in [-0.25, -0.2) is 9.67 Å². The Labute approximate surface area is 128 Å². The third-order valence-corrected chi connectivity index (χ3v) is 4.05. The first-order chi connectivity index (χ1) is 10.8. The van der Waals surface area contributed by atoms with Crippen LogP contribution in [0.3, 0.4) is 0 Å². The van der Waals surface area contributed by atoms with Crippen LogP contribution >= 0.6 is 0 Å². The fourth-order valence-electron chi connectivity index (χ4n) is 2.91. The van der Waals surface area contributed by atoms with E-state index in [9.17, 15) is 4.79 Å². The molecule has 1 aliphatic carbocycles. The molecule has 0 saturated heterocycles. The van der Waals surface area contributed by atoms with E-state index >= 15 is 0 Å². The van der Waals surface area contributed by atoms with Crippen LogP contribution in [0, 0.1) is 11.3 Å². The van der Waals surface area contributed by atoms with E-state index in [4.69, 9.17) is 5.26 Å². The van der Waals surface area contributed by atoms with Crippen molar-refractivity contribution in [2.75, 3.05) is 5.32 Å². The van der Waals surface area contributed by atoms with Gasteiger partial charge in [-0.1, -0.05) is 0 Å². The average molecular weight is 295 g/mol. The first-order valence-corrected chi connectivity index (χ1v) is 7.43. The lowest BCUT2D eigenvalue weighted by Gasteiger charge is -2.29. The van der Waals surface area contributed by atoms with E-state index in [-0.39, 0.29) is 17.6 Å². The summed E-state index contributed by atoms with van der Waals surface area (Å²) in [4.78, 5) is 16.0. The van der Waals surface area contributed by atoms with Gasteiger partial charge in [0.2, 0.25) is 0 Å². The van der Waals surface area contributed by atoms with Crippen LogP contribution in [0.1, 0.15) is 37.3 Å². The predicted octanol–water partition coefficient (Wildman–Crippen LogP) is 2.11. The van der Waals surface area contributed by atoms with Gasteiger partial charge in [-0.05, 0) is 43.9 Å². The lowest BCUT2D eigenvalue weighted by Crippen LogP contribution is -2.33. The van der Waals surface area contributed by atoms with E-state index in [0.717, 1.165) is 25.7 Å². The molecular formula is C16H17N5O. The van der Waals surface area contributed by atoms with Crippen molar-refractivity contribution in [1.29, 1.82) is 5.26 Å². The summed E-state index contributed by atoms with van der Waals surface area (Å²) in [5.41, 5.74) is 0.515. The molecular weight excluding hydrogens is 278 g/mol. The Hall–Kier alpha value is -2.68. The van der Waals surface area contributed by atoms with Crippen LogP contribution in [-0.4, -0.2) is 20.8 Å². The molecule has 0 radical (unpaired) electrons. The molecule has 0 amide bonds. The van der Waals surface area contributed by atoms with E-state index in [1.165, 1.54) is 0 Å². The number of hydrogen-bond donors (Lipinski definition) is 1. The molecule has 0 unspecified atom stereocenters. The Morgan fingerprint density at radius 3 is 2.68 bits per heavy atom. The first-order valence-electron chi connectivity index (χ1n) is 7.43. The molecule has 112 valence electrons. The van der Waals surface area contributed by atoms with Crippen molar-refractivity contribution >= 4 is 5.82 Å². The summed E-state index contributed by atoms with van der Waals surface area (Å²) in [6.07, 6.45) is 6.97. The van der Waals surface area contributed by atoms with Gasteiger partial charge in [0.05, 0.1) is 11.6 Å². The second kappa shape index (κ2) is 6.39. The van der Waals surface area contributed by atoms with E-state index < -0.39 is 0 Å². The van der Waals surface area contributed by atoms with Crippen LogP contribution < -0.4 is 10.9 Å². The van der Waals surface area contributed by atoms with Gasteiger partial charge in [0.15, 0.2) is 0 Å². The molecule has 3 rings (SSSR count). The Kier molecular flexibility index (Phi) is 4.15. The number of pyridine rings is 1. The number of anilines is 1. The van der Waals surface area contributed by atoms with Crippen molar-refractivity contribution in [1.82, 2.24) is 14.8 Å². The summed E-state index contributed by atoms with van der Waals surface area (Å²) in [5.74, 6) is 0.642. The van der Waals surface area contributed by atoms with E-state index in [0.29, 0.717) is 11.4 Å². The normalized spacial score (nSPS) is 21.0. The zero-order chi connectivity index (χ0) is 15.4. The van der Waals surface area contributed by atoms with Crippen molar-refractivity contribution in [2.24, 2.45) is 0 Å². The Morgan fingerprint density at radius 1 is 1.18 bits per heavy atom. The summed E-state index contributed by atoms with van der Waals surface area (Å²) in [7, 11) is 0. The highest BCUT2D eigenvalue weighted by atomic mass is 16.1. The second-order valence-electron chi connectivity index (χ2n) is 5.47. The molecule has 0 aliphatic heterocycles. The molecule has 2 aromatic rings. The zero-order valence-corrected chi connectivity index (χ0v) is 12.1. The second-order valence-corrected chi connectivity index (χ2v) is 5.47.